The second kappa shape index (κ2) is 6.17. The Hall–Kier alpha value is -1.87. The van der Waals surface area contributed by atoms with Gasteiger partial charge >= 0.3 is 0 Å². The van der Waals surface area contributed by atoms with Gasteiger partial charge < -0.3 is 10.5 Å². The molecular formula is C15H18N2O. The number of rotatable bonds is 5. The Morgan fingerprint density at radius 1 is 1.22 bits per heavy atom. The molecular weight excluding hydrogens is 224 g/mol. The van der Waals surface area contributed by atoms with Gasteiger partial charge in [0.25, 0.3) is 0 Å². The molecule has 3 nitrogen and oxygen atoms in total. The molecule has 0 fully saturated rings. The molecule has 2 rings (SSSR count). The maximum Gasteiger partial charge on any atom is 0.119 e. The van der Waals surface area contributed by atoms with Crippen molar-refractivity contribution in [2.24, 2.45) is 5.73 Å². The van der Waals surface area contributed by atoms with Gasteiger partial charge in [-0.05, 0) is 36.2 Å². The van der Waals surface area contributed by atoms with E-state index in [0.717, 1.165) is 17.7 Å². The Balaban J connectivity index is 1.83. The first-order chi connectivity index (χ1) is 8.75. The largest absolute Gasteiger partial charge is 0.493 e. The lowest BCUT2D eigenvalue weighted by Crippen LogP contribution is -2.05. The monoisotopic (exact) mass is 242 g/mol. The van der Waals surface area contributed by atoms with E-state index in [1.54, 1.807) is 6.20 Å². The molecule has 1 aromatic carbocycles. The van der Waals surface area contributed by atoms with Gasteiger partial charge in [-0.2, -0.15) is 0 Å². The SMILES string of the molecule is C[C@@H](N)c1ccc(OCCc2cccnc2)cc1. The number of hydrogen-bond acceptors (Lipinski definition) is 3. The number of nitrogens with zero attached hydrogens (tertiary/aromatic N) is 1. The molecule has 0 aliphatic rings. The van der Waals surface area contributed by atoms with Crippen molar-refractivity contribution in [2.45, 2.75) is 19.4 Å². The second-order valence-electron chi connectivity index (χ2n) is 4.32. The van der Waals surface area contributed by atoms with Gasteiger partial charge in [-0.1, -0.05) is 18.2 Å². The summed E-state index contributed by atoms with van der Waals surface area (Å²) in [5.41, 5.74) is 8.10. The molecule has 18 heavy (non-hydrogen) atoms. The third-order valence-corrected chi connectivity index (χ3v) is 2.79. The molecule has 1 aromatic heterocycles. The van der Waals surface area contributed by atoms with Gasteiger partial charge in [0.05, 0.1) is 6.61 Å². The lowest BCUT2D eigenvalue weighted by molar-refractivity contribution is 0.321. The molecule has 3 heteroatoms. The predicted octanol–water partition coefficient (Wildman–Crippen LogP) is 2.72. The molecule has 94 valence electrons. The average Bonchev–Trinajstić information content (AvgIpc) is 2.40. The van der Waals surface area contributed by atoms with Crippen molar-refractivity contribution in [3.63, 3.8) is 0 Å². The van der Waals surface area contributed by atoms with Gasteiger partial charge in [0.2, 0.25) is 0 Å². The summed E-state index contributed by atoms with van der Waals surface area (Å²) in [5.74, 6) is 0.878. The van der Waals surface area contributed by atoms with Crippen LogP contribution in [0, 0.1) is 0 Å². The quantitative estimate of drug-likeness (QED) is 0.877. The Morgan fingerprint density at radius 3 is 2.61 bits per heavy atom. The number of nitrogens with two attached hydrogens (primary N) is 1. The molecule has 0 spiro atoms. The van der Waals surface area contributed by atoms with Crippen LogP contribution in [0.1, 0.15) is 24.1 Å². The first kappa shape index (κ1) is 12.6. The normalized spacial score (nSPS) is 12.1. The van der Waals surface area contributed by atoms with E-state index in [4.69, 9.17) is 10.5 Å². The average molecular weight is 242 g/mol. The van der Waals surface area contributed by atoms with Crippen molar-refractivity contribution in [1.29, 1.82) is 0 Å². The van der Waals surface area contributed by atoms with Crippen molar-refractivity contribution in [3.8, 4) is 5.75 Å². The first-order valence-electron chi connectivity index (χ1n) is 6.13. The zero-order chi connectivity index (χ0) is 12.8. The van der Waals surface area contributed by atoms with Gasteiger partial charge in [0.1, 0.15) is 5.75 Å². The van der Waals surface area contributed by atoms with E-state index in [9.17, 15) is 0 Å². The van der Waals surface area contributed by atoms with E-state index in [1.165, 1.54) is 5.56 Å². The highest BCUT2D eigenvalue weighted by Gasteiger charge is 2.00. The molecule has 0 saturated heterocycles. The Kier molecular flexibility index (Phi) is 4.31. The minimum absolute atomic E-state index is 0.0643. The second-order valence-corrected chi connectivity index (χ2v) is 4.32. The van der Waals surface area contributed by atoms with E-state index in [0.29, 0.717) is 6.61 Å². The number of pyridine rings is 1. The van der Waals surface area contributed by atoms with Crippen molar-refractivity contribution in [2.75, 3.05) is 6.61 Å². The molecule has 0 bridgehead atoms. The molecule has 0 unspecified atom stereocenters. The summed E-state index contributed by atoms with van der Waals surface area (Å²) in [6.07, 6.45) is 4.50. The van der Waals surface area contributed by atoms with Gasteiger partial charge in [0.15, 0.2) is 0 Å². The van der Waals surface area contributed by atoms with Crippen LogP contribution in [0.15, 0.2) is 48.8 Å². The van der Waals surface area contributed by atoms with Gasteiger partial charge in [0, 0.05) is 24.9 Å². The summed E-state index contributed by atoms with van der Waals surface area (Å²) in [6.45, 7) is 2.63. The van der Waals surface area contributed by atoms with Crippen molar-refractivity contribution in [1.82, 2.24) is 4.98 Å². The van der Waals surface area contributed by atoms with E-state index in [1.807, 2.05) is 43.5 Å². The molecule has 2 N–H and O–H groups in total. The van der Waals surface area contributed by atoms with E-state index in [2.05, 4.69) is 11.1 Å². The summed E-state index contributed by atoms with van der Waals surface area (Å²) in [7, 11) is 0. The fourth-order valence-electron chi connectivity index (χ4n) is 1.70. The first-order valence-corrected chi connectivity index (χ1v) is 6.13. The molecule has 0 amide bonds. The number of aromatic nitrogens is 1. The van der Waals surface area contributed by atoms with Crippen LogP contribution >= 0.6 is 0 Å². The van der Waals surface area contributed by atoms with Crippen LogP contribution in [0.4, 0.5) is 0 Å². The molecule has 0 aliphatic carbocycles. The zero-order valence-electron chi connectivity index (χ0n) is 10.5. The summed E-state index contributed by atoms with van der Waals surface area (Å²) >= 11 is 0. The van der Waals surface area contributed by atoms with Crippen LogP contribution in [0.2, 0.25) is 0 Å². The number of ether oxygens (including phenoxy) is 1. The number of benzene rings is 1. The van der Waals surface area contributed by atoms with Crippen LogP contribution in [0.5, 0.6) is 5.75 Å². The standard InChI is InChI=1S/C15H18N2O/c1-12(16)14-4-6-15(7-5-14)18-10-8-13-3-2-9-17-11-13/h2-7,9,11-12H,8,10,16H2,1H3/t12-/m1/s1. The van der Waals surface area contributed by atoms with E-state index < -0.39 is 0 Å². The summed E-state index contributed by atoms with van der Waals surface area (Å²) in [5, 5.41) is 0. The maximum absolute atomic E-state index is 5.79. The van der Waals surface area contributed by atoms with Gasteiger partial charge in [-0.15, -0.1) is 0 Å². The molecule has 2 aromatic rings. The lowest BCUT2D eigenvalue weighted by Gasteiger charge is -2.08. The topological polar surface area (TPSA) is 48.1 Å². The van der Waals surface area contributed by atoms with Crippen LogP contribution in [-0.4, -0.2) is 11.6 Å². The van der Waals surface area contributed by atoms with Crippen LogP contribution in [0.3, 0.4) is 0 Å². The van der Waals surface area contributed by atoms with E-state index >= 15 is 0 Å². The zero-order valence-corrected chi connectivity index (χ0v) is 10.5. The summed E-state index contributed by atoms with van der Waals surface area (Å²) < 4.78 is 5.68. The Labute approximate surface area is 108 Å². The molecule has 1 heterocycles. The lowest BCUT2D eigenvalue weighted by atomic mass is 10.1. The fraction of sp³-hybridized carbons (Fsp3) is 0.267. The molecule has 1 atom stereocenters. The van der Waals surface area contributed by atoms with Crippen LogP contribution < -0.4 is 10.5 Å². The Bertz CT molecular complexity index is 466. The fourth-order valence-corrected chi connectivity index (χ4v) is 1.70. The molecule has 0 saturated carbocycles. The minimum atomic E-state index is 0.0643. The highest BCUT2D eigenvalue weighted by Crippen LogP contribution is 2.16. The van der Waals surface area contributed by atoms with E-state index in [-0.39, 0.29) is 6.04 Å². The third-order valence-electron chi connectivity index (χ3n) is 2.79. The van der Waals surface area contributed by atoms with Gasteiger partial charge in [-0.3, -0.25) is 4.98 Å². The van der Waals surface area contributed by atoms with Crippen LogP contribution in [0.25, 0.3) is 0 Å². The van der Waals surface area contributed by atoms with Crippen molar-refractivity contribution >= 4 is 0 Å². The van der Waals surface area contributed by atoms with Crippen LogP contribution in [-0.2, 0) is 6.42 Å². The summed E-state index contributed by atoms with van der Waals surface area (Å²) in [4.78, 5) is 4.07. The maximum atomic E-state index is 5.79. The highest BCUT2D eigenvalue weighted by molar-refractivity contribution is 5.28. The van der Waals surface area contributed by atoms with Crippen molar-refractivity contribution in [3.05, 3.63) is 59.9 Å². The highest BCUT2D eigenvalue weighted by atomic mass is 16.5. The minimum Gasteiger partial charge on any atom is -0.493 e. The van der Waals surface area contributed by atoms with Crippen molar-refractivity contribution < 1.29 is 4.74 Å². The third kappa shape index (κ3) is 3.57. The van der Waals surface area contributed by atoms with Gasteiger partial charge in [-0.25, -0.2) is 0 Å². The predicted molar refractivity (Wildman–Crippen MR) is 72.5 cm³/mol. The Morgan fingerprint density at radius 2 is 2.00 bits per heavy atom. The summed E-state index contributed by atoms with van der Waals surface area (Å²) in [6, 6.07) is 12.0. The molecule has 0 aliphatic heterocycles. The number of hydrogen-bond donors (Lipinski definition) is 1. The smallest absolute Gasteiger partial charge is 0.119 e. The molecule has 0 radical (unpaired) electrons.